The van der Waals surface area contributed by atoms with Crippen LogP contribution < -0.4 is 5.56 Å². The molecule has 0 unspecified atom stereocenters. The summed E-state index contributed by atoms with van der Waals surface area (Å²) in [6, 6.07) is 10.6. The minimum Gasteiger partial charge on any atom is -0.268 e. The SMILES string of the molecule is CC.CCc1nc2cc(F)c(C)cc2c(=O)n1-c1ccc(C)cc1. The van der Waals surface area contributed by atoms with Gasteiger partial charge in [-0.2, -0.15) is 0 Å². The maximum absolute atomic E-state index is 13.7. The summed E-state index contributed by atoms with van der Waals surface area (Å²) < 4.78 is 15.3. The predicted octanol–water partition coefficient (Wildman–Crippen LogP) is 4.73. The Morgan fingerprint density at radius 3 is 2.29 bits per heavy atom. The second-order valence-electron chi connectivity index (χ2n) is 5.48. The summed E-state index contributed by atoms with van der Waals surface area (Å²) in [7, 11) is 0. The van der Waals surface area contributed by atoms with Crippen molar-refractivity contribution in [2.75, 3.05) is 0 Å². The molecular weight excluding hydrogens is 303 g/mol. The molecule has 0 saturated heterocycles. The quantitative estimate of drug-likeness (QED) is 0.682. The van der Waals surface area contributed by atoms with Crippen LogP contribution in [0.4, 0.5) is 4.39 Å². The van der Waals surface area contributed by atoms with Gasteiger partial charge < -0.3 is 0 Å². The van der Waals surface area contributed by atoms with E-state index in [1.165, 1.54) is 6.07 Å². The normalized spacial score (nSPS) is 10.4. The summed E-state index contributed by atoms with van der Waals surface area (Å²) in [6.07, 6.45) is 0.592. The molecular formula is C20H23FN2O. The van der Waals surface area contributed by atoms with Gasteiger partial charge in [-0.15, -0.1) is 0 Å². The molecule has 3 rings (SSSR count). The number of benzene rings is 2. The lowest BCUT2D eigenvalue weighted by Gasteiger charge is -2.13. The standard InChI is InChI=1S/C18H17FN2O.C2H6/c1-4-17-20-16-10-15(19)12(3)9-14(16)18(22)21(17)13-7-5-11(2)6-8-13;1-2/h5-10H,4H2,1-3H3;1-2H3. The largest absolute Gasteiger partial charge is 0.268 e. The van der Waals surface area contributed by atoms with Crippen molar-refractivity contribution in [1.29, 1.82) is 0 Å². The van der Waals surface area contributed by atoms with E-state index < -0.39 is 0 Å². The average molecular weight is 326 g/mol. The number of aryl methyl sites for hydroxylation is 3. The van der Waals surface area contributed by atoms with Gasteiger partial charge in [0, 0.05) is 12.5 Å². The molecule has 3 aromatic rings. The Bertz CT molecular complexity index is 912. The Morgan fingerprint density at radius 2 is 1.71 bits per heavy atom. The van der Waals surface area contributed by atoms with Gasteiger partial charge in [0.2, 0.25) is 0 Å². The molecule has 126 valence electrons. The van der Waals surface area contributed by atoms with Crippen LogP contribution in [0.2, 0.25) is 0 Å². The van der Waals surface area contributed by atoms with Gasteiger partial charge >= 0.3 is 0 Å². The molecule has 0 aliphatic carbocycles. The van der Waals surface area contributed by atoms with E-state index in [-0.39, 0.29) is 11.4 Å². The molecule has 1 heterocycles. The topological polar surface area (TPSA) is 34.9 Å². The molecule has 0 bridgehead atoms. The van der Waals surface area contributed by atoms with Crippen LogP contribution in [0.3, 0.4) is 0 Å². The first-order valence-electron chi connectivity index (χ1n) is 8.30. The van der Waals surface area contributed by atoms with Crippen molar-refractivity contribution in [2.24, 2.45) is 0 Å². The van der Waals surface area contributed by atoms with Gasteiger partial charge in [-0.3, -0.25) is 9.36 Å². The Morgan fingerprint density at radius 1 is 1.08 bits per heavy atom. The molecule has 0 aliphatic heterocycles. The maximum Gasteiger partial charge on any atom is 0.265 e. The zero-order valence-electron chi connectivity index (χ0n) is 14.9. The molecule has 0 fully saturated rings. The van der Waals surface area contributed by atoms with Gasteiger partial charge in [-0.1, -0.05) is 38.5 Å². The van der Waals surface area contributed by atoms with Crippen molar-refractivity contribution in [1.82, 2.24) is 9.55 Å². The van der Waals surface area contributed by atoms with Gasteiger partial charge in [0.1, 0.15) is 11.6 Å². The highest BCUT2D eigenvalue weighted by Gasteiger charge is 2.13. The van der Waals surface area contributed by atoms with Gasteiger partial charge in [-0.25, -0.2) is 9.37 Å². The van der Waals surface area contributed by atoms with E-state index in [1.54, 1.807) is 17.6 Å². The van der Waals surface area contributed by atoms with E-state index in [9.17, 15) is 9.18 Å². The molecule has 0 aliphatic rings. The number of nitrogens with zero attached hydrogens (tertiary/aromatic N) is 2. The number of halogens is 1. The summed E-state index contributed by atoms with van der Waals surface area (Å²) in [5.74, 6) is 0.291. The Hall–Kier alpha value is -2.49. The molecule has 1 aromatic heterocycles. The van der Waals surface area contributed by atoms with Crippen molar-refractivity contribution in [2.45, 2.75) is 41.0 Å². The highest BCUT2D eigenvalue weighted by molar-refractivity contribution is 5.79. The van der Waals surface area contributed by atoms with E-state index in [0.29, 0.717) is 28.7 Å². The summed E-state index contributed by atoms with van der Waals surface area (Å²) in [6.45, 7) is 9.58. The second-order valence-corrected chi connectivity index (χ2v) is 5.48. The van der Waals surface area contributed by atoms with Gasteiger partial charge in [0.25, 0.3) is 5.56 Å². The van der Waals surface area contributed by atoms with Crippen molar-refractivity contribution in [3.05, 3.63) is 69.5 Å². The fourth-order valence-electron chi connectivity index (χ4n) is 2.56. The van der Waals surface area contributed by atoms with Crippen LogP contribution in [0.25, 0.3) is 16.6 Å². The van der Waals surface area contributed by atoms with Crippen molar-refractivity contribution < 1.29 is 4.39 Å². The summed E-state index contributed by atoms with van der Waals surface area (Å²) in [4.78, 5) is 17.3. The highest BCUT2D eigenvalue weighted by Crippen LogP contribution is 2.17. The van der Waals surface area contributed by atoms with Gasteiger partial charge in [-0.05, 0) is 37.6 Å². The summed E-state index contributed by atoms with van der Waals surface area (Å²) in [5.41, 5.74) is 2.61. The van der Waals surface area contributed by atoms with Crippen LogP contribution in [0.5, 0.6) is 0 Å². The van der Waals surface area contributed by atoms with Gasteiger partial charge in [0.05, 0.1) is 16.6 Å². The summed E-state index contributed by atoms with van der Waals surface area (Å²) >= 11 is 0. The van der Waals surface area contributed by atoms with E-state index in [1.807, 2.05) is 52.0 Å². The first-order chi connectivity index (χ1) is 11.5. The van der Waals surface area contributed by atoms with Crippen molar-refractivity contribution in [3.8, 4) is 5.69 Å². The smallest absolute Gasteiger partial charge is 0.265 e. The Balaban J connectivity index is 0.00000100. The molecule has 2 aromatic carbocycles. The van der Waals surface area contributed by atoms with E-state index >= 15 is 0 Å². The molecule has 0 saturated carbocycles. The fourth-order valence-corrected chi connectivity index (χ4v) is 2.56. The molecule has 0 amide bonds. The number of fused-ring (bicyclic) bond motifs is 1. The van der Waals surface area contributed by atoms with Crippen LogP contribution in [-0.4, -0.2) is 9.55 Å². The first-order valence-corrected chi connectivity index (χ1v) is 8.30. The van der Waals surface area contributed by atoms with Crippen LogP contribution in [0.15, 0.2) is 41.2 Å². The average Bonchev–Trinajstić information content (AvgIpc) is 2.59. The molecule has 3 nitrogen and oxygen atoms in total. The third-order valence-corrected chi connectivity index (χ3v) is 3.83. The third kappa shape index (κ3) is 3.23. The van der Waals surface area contributed by atoms with Crippen LogP contribution in [0, 0.1) is 19.7 Å². The zero-order valence-corrected chi connectivity index (χ0v) is 14.9. The predicted molar refractivity (Wildman–Crippen MR) is 97.5 cm³/mol. The van der Waals surface area contributed by atoms with Crippen LogP contribution in [0.1, 0.15) is 37.7 Å². The van der Waals surface area contributed by atoms with E-state index in [4.69, 9.17) is 0 Å². The van der Waals surface area contributed by atoms with E-state index in [0.717, 1.165) is 11.3 Å². The zero-order chi connectivity index (χ0) is 17.9. The number of hydrogen-bond donors (Lipinski definition) is 0. The molecule has 0 spiro atoms. The lowest BCUT2D eigenvalue weighted by Crippen LogP contribution is -2.23. The first kappa shape index (κ1) is 17.9. The number of hydrogen-bond acceptors (Lipinski definition) is 2. The lowest BCUT2D eigenvalue weighted by molar-refractivity contribution is 0.620. The summed E-state index contributed by atoms with van der Waals surface area (Å²) in [5, 5.41) is 0.441. The van der Waals surface area contributed by atoms with Crippen molar-refractivity contribution in [3.63, 3.8) is 0 Å². The molecule has 4 heteroatoms. The number of rotatable bonds is 2. The van der Waals surface area contributed by atoms with E-state index in [2.05, 4.69) is 4.98 Å². The number of aromatic nitrogens is 2. The van der Waals surface area contributed by atoms with Crippen LogP contribution >= 0.6 is 0 Å². The second kappa shape index (κ2) is 7.39. The molecule has 0 atom stereocenters. The monoisotopic (exact) mass is 326 g/mol. The van der Waals surface area contributed by atoms with Gasteiger partial charge in [0.15, 0.2) is 0 Å². The minimum atomic E-state index is -0.338. The Kier molecular flexibility index (Phi) is 5.50. The van der Waals surface area contributed by atoms with Crippen molar-refractivity contribution >= 4 is 10.9 Å². The lowest BCUT2D eigenvalue weighted by atomic mass is 10.1. The maximum atomic E-state index is 13.7. The molecule has 24 heavy (non-hydrogen) atoms. The fraction of sp³-hybridized carbons (Fsp3) is 0.300. The molecule has 0 radical (unpaired) electrons. The highest BCUT2D eigenvalue weighted by atomic mass is 19.1. The third-order valence-electron chi connectivity index (χ3n) is 3.83. The Labute approximate surface area is 141 Å². The van der Waals surface area contributed by atoms with Crippen LogP contribution in [-0.2, 0) is 6.42 Å². The minimum absolute atomic E-state index is 0.159. The molecule has 0 N–H and O–H groups in total.